The van der Waals surface area contributed by atoms with E-state index < -0.39 is 11.5 Å². The number of carboxylic acids is 1. The van der Waals surface area contributed by atoms with E-state index in [1.54, 1.807) is 0 Å². The molecule has 0 aromatic heterocycles. The predicted molar refractivity (Wildman–Crippen MR) is 57.8 cm³/mol. The molecule has 0 radical (unpaired) electrons. The number of nitriles is 1. The molecule has 5 heteroatoms. The molecule has 0 aromatic carbocycles. The van der Waals surface area contributed by atoms with Gasteiger partial charge in [-0.05, 0) is 25.8 Å². The van der Waals surface area contributed by atoms with E-state index in [1.165, 1.54) is 0 Å². The molecule has 2 aliphatic rings. The van der Waals surface area contributed by atoms with Crippen molar-refractivity contribution in [3.8, 4) is 6.07 Å². The van der Waals surface area contributed by atoms with Gasteiger partial charge in [-0.1, -0.05) is 0 Å². The molecule has 1 heterocycles. The molecule has 2 rings (SSSR count). The van der Waals surface area contributed by atoms with E-state index >= 15 is 0 Å². The summed E-state index contributed by atoms with van der Waals surface area (Å²) in [6.45, 7) is 3.62. The van der Waals surface area contributed by atoms with Crippen molar-refractivity contribution in [2.45, 2.75) is 24.8 Å². The molecule has 0 amide bonds. The average Bonchev–Trinajstić information content (AvgIpc) is 2.45. The van der Waals surface area contributed by atoms with E-state index in [0.29, 0.717) is 12.8 Å². The van der Waals surface area contributed by atoms with Crippen LogP contribution in [0.5, 0.6) is 0 Å². The maximum absolute atomic E-state index is 10.8. The molecule has 0 atom stereocenters. The fourth-order valence-electron chi connectivity index (χ4n) is 2.62. The van der Waals surface area contributed by atoms with Crippen LogP contribution in [-0.4, -0.2) is 47.7 Å². The summed E-state index contributed by atoms with van der Waals surface area (Å²) in [5.41, 5.74) is -0.505. The van der Waals surface area contributed by atoms with Crippen LogP contribution in [0.4, 0.5) is 0 Å². The van der Waals surface area contributed by atoms with Gasteiger partial charge in [0, 0.05) is 19.6 Å². The number of rotatable bonds is 2. The van der Waals surface area contributed by atoms with Crippen LogP contribution in [0.25, 0.3) is 0 Å². The van der Waals surface area contributed by atoms with Crippen LogP contribution in [0.1, 0.15) is 19.3 Å². The van der Waals surface area contributed by atoms with Gasteiger partial charge in [0.25, 0.3) is 0 Å². The third-order valence-corrected chi connectivity index (χ3v) is 3.67. The lowest BCUT2D eigenvalue weighted by atomic mass is 9.68. The van der Waals surface area contributed by atoms with Gasteiger partial charge < -0.3 is 10.4 Å². The van der Waals surface area contributed by atoms with Crippen LogP contribution in [0.15, 0.2) is 0 Å². The van der Waals surface area contributed by atoms with Crippen LogP contribution in [0.2, 0.25) is 0 Å². The average molecular weight is 223 g/mol. The molecule has 0 bridgehead atoms. The molecule has 16 heavy (non-hydrogen) atoms. The van der Waals surface area contributed by atoms with Crippen molar-refractivity contribution in [2.75, 3.05) is 26.2 Å². The summed E-state index contributed by atoms with van der Waals surface area (Å²) in [4.78, 5) is 13.0. The topological polar surface area (TPSA) is 76.4 Å². The highest BCUT2D eigenvalue weighted by Crippen LogP contribution is 2.42. The summed E-state index contributed by atoms with van der Waals surface area (Å²) in [6, 6.07) is 2.33. The zero-order valence-corrected chi connectivity index (χ0v) is 9.28. The van der Waals surface area contributed by atoms with Gasteiger partial charge in [0.1, 0.15) is 5.54 Å². The monoisotopic (exact) mass is 223 g/mol. The Hall–Kier alpha value is -1.12. The lowest BCUT2D eigenvalue weighted by Crippen LogP contribution is -2.58. The van der Waals surface area contributed by atoms with E-state index in [2.05, 4.69) is 16.3 Å². The van der Waals surface area contributed by atoms with Crippen molar-refractivity contribution < 1.29 is 9.90 Å². The first-order valence-corrected chi connectivity index (χ1v) is 5.78. The molecule has 1 saturated carbocycles. The Kier molecular flexibility index (Phi) is 3.13. The fourth-order valence-corrected chi connectivity index (χ4v) is 2.62. The first-order chi connectivity index (χ1) is 7.68. The predicted octanol–water partition coefficient (Wildman–Crippen LogP) is 0.0387. The second kappa shape index (κ2) is 4.40. The number of hydrogen-bond acceptors (Lipinski definition) is 4. The van der Waals surface area contributed by atoms with Crippen LogP contribution < -0.4 is 5.32 Å². The number of aliphatic carboxylic acids is 1. The molecule has 1 saturated heterocycles. The van der Waals surface area contributed by atoms with Crippen molar-refractivity contribution in [2.24, 2.45) is 5.92 Å². The normalized spacial score (nSPS) is 35.8. The van der Waals surface area contributed by atoms with Crippen LogP contribution >= 0.6 is 0 Å². The number of nitrogens with one attached hydrogen (secondary N) is 1. The van der Waals surface area contributed by atoms with Crippen molar-refractivity contribution in [1.82, 2.24) is 10.2 Å². The van der Waals surface area contributed by atoms with E-state index in [-0.39, 0.29) is 5.92 Å². The maximum atomic E-state index is 10.8. The minimum Gasteiger partial charge on any atom is -0.481 e. The Labute approximate surface area is 95.0 Å². The van der Waals surface area contributed by atoms with E-state index in [1.807, 2.05) is 0 Å². The molecule has 2 N–H and O–H groups in total. The zero-order valence-electron chi connectivity index (χ0n) is 9.28. The van der Waals surface area contributed by atoms with Gasteiger partial charge >= 0.3 is 5.97 Å². The van der Waals surface area contributed by atoms with Gasteiger partial charge in [-0.3, -0.25) is 9.69 Å². The minimum absolute atomic E-state index is 0.323. The quantitative estimate of drug-likeness (QED) is 0.691. The van der Waals surface area contributed by atoms with E-state index in [9.17, 15) is 10.1 Å². The van der Waals surface area contributed by atoms with Gasteiger partial charge in [-0.2, -0.15) is 5.26 Å². The first-order valence-electron chi connectivity index (χ1n) is 5.78. The summed E-state index contributed by atoms with van der Waals surface area (Å²) in [6.07, 6.45) is 2.00. The Bertz CT molecular complexity index is 310. The zero-order chi connectivity index (χ0) is 11.6. The summed E-state index contributed by atoms with van der Waals surface area (Å²) < 4.78 is 0. The summed E-state index contributed by atoms with van der Waals surface area (Å²) in [7, 11) is 0. The molecule has 1 aliphatic heterocycles. The molecule has 5 nitrogen and oxygen atoms in total. The molecule has 1 aliphatic carbocycles. The lowest BCUT2D eigenvalue weighted by molar-refractivity contribution is -0.149. The van der Waals surface area contributed by atoms with Gasteiger partial charge in [-0.15, -0.1) is 0 Å². The molecule has 0 aromatic rings. The van der Waals surface area contributed by atoms with Gasteiger partial charge in [0.15, 0.2) is 0 Å². The minimum atomic E-state index is -0.765. The SMILES string of the molecule is N#CC1(N2CCCNCC2)CC(C(=O)O)C1. The highest BCUT2D eigenvalue weighted by molar-refractivity contribution is 5.72. The molecule has 88 valence electrons. The third-order valence-electron chi connectivity index (χ3n) is 3.67. The lowest BCUT2D eigenvalue weighted by Gasteiger charge is -2.47. The number of hydrogen-bond donors (Lipinski definition) is 2. The Balaban J connectivity index is 2.00. The Morgan fingerprint density at radius 3 is 2.81 bits per heavy atom. The van der Waals surface area contributed by atoms with Crippen molar-refractivity contribution in [1.29, 1.82) is 5.26 Å². The second-order valence-corrected chi connectivity index (χ2v) is 4.68. The van der Waals surface area contributed by atoms with Crippen LogP contribution in [0, 0.1) is 17.2 Å². The van der Waals surface area contributed by atoms with Crippen LogP contribution in [0.3, 0.4) is 0 Å². The first kappa shape index (κ1) is 11.4. The van der Waals surface area contributed by atoms with Crippen molar-refractivity contribution in [3.63, 3.8) is 0 Å². The molecule has 0 unspecified atom stereocenters. The second-order valence-electron chi connectivity index (χ2n) is 4.68. The Morgan fingerprint density at radius 1 is 1.44 bits per heavy atom. The summed E-state index contributed by atoms with van der Waals surface area (Å²) in [5, 5.41) is 21.4. The Morgan fingerprint density at radius 2 is 2.19 bits per heavy atom. The maximum Gasteiger partial charge on any atom is 0.306 e. The fraction of sp³-hybridized carbons (Fsp3) is 0.818. The summed E-state index contributed by atoms with van der Waals surface area (Å²) in [5.74, 6) is -1.09. The highest BCUT2D eigenvalue weighted by Gasteiger charge is 2.51. The summed E-state index contributed by atoms with van der Waals surface area (Å²) >= 11 is 0. The molecular formula is C11H17N3O2. The van der Waals surface area contributed by atoms with E-state index in [4.69, 9.17) is 5.11 Å². The largest absolute Gasteiger partial charge is 0.481 e. The molecule has 0 spiro atoms. The third kappa shape index (κ3) is 1.91. The van der Waals surface area contributed by atoms with Gasteiger partial charge in [0.05, 0.1) is 12.0 Å². The highest BCUT2D eigenvalue weighted by atomic mass is 16.4. The molecule has 2 fully saturated rings. The number of carboxylic acid groups (broad SMARTS) is 1. The van der Waals surface area contributed by atoms with Crippen molar-refractivity contribution >= 4 is 5.97 Å². The number of nitrogens with zero attached hydrogens (tertiary/aromatic N) is 2. The molecular weight excluding hydrogens is 206 g/mol. The van der Waals surface area contributed by atoms with Gasteiger partial charge in [-0.25, -0.2) is 0 Å². The van der Waals surface area contributed by atoms with Gasteiger partial charge in [0.2, 0.25) is 0 Å². The van der Waals surface area contributed by atoms with Crippen molar-refractivity contribution in [3.05, 3.63) is 0 Å². The standard InChI is InChI=1S/C11H17N3O2/c12-8-11(6-9(7-11)10(15)16)14-4-1-2-13-3-5-14/h9,13H,1-7H2,(H,15,16). The van der Waals surface area contributed by atoms with Crippen LogP contribution in [-0.2, 0) is 4.79 Å². The smallest absolute Gasteiger partial charge is 0.306 e. The number of carbonyl (C=O) groups is 1. The van der Waals surface area contributed by atoms with E-state index in [0.717, 1.165) is 32.6 Å².